The summed E-state index contributed by atoms with van der Waals surface area (Å²) in [6.07, 6.45) is 0.397. The number of carbonyl (C=O) groups is 1. The number of amides is 1. The summed E-state index contributed by atoms with van der Waals surface area (Å²) < 4.78 is 23.4. The van der Waals surface area contributed by atoms with Crippen LogP contribution in [0.15, 0.2) is 64.4 Å². The largest absolute Gasteiger partial charge is 0.326 e. The van der Waals surface area contributed by atoms with Crippen molar-refractivity contribution in [1.29, 1.82) is 0 Å². The quantitative estimate of drug-likeness (QED) is 0.776. The van der Waals surface area contributed by atoms with Crippen LogP contribution >= 0.6 is 11.8 Å². The molecule has 0 saturated heterocycles. The minimum atomic E-state index is -3.20. The number of anilines is 1. The standard InChI is InChI=1S/C17H19NO3S2/c1-2-23(20,21)16-10-8-14(9-11-16)18-17(19)12-13-22-15-6-4-3-5-7-15/h3-11H,2,12-13H2,1H3,(H,18,19). The average molecular weight is 349 g/mol. The lowest BCUT2D eigenvalue weighted by Crippen LogP contribution is -2.12. The molecule has 0 aromatic heterocycles. The maximum atomic E-state index is 11.9. The maximum Gasteiger partial charge on any atom is 0.225 e. The highest BCUT2D eigenvalue weighted by Crippen LogP contribution is 2.19. The van der Waals surface area contributed by atoms with Crippen LogP contribution in [0.2, 0.25) is 0 Å². The van der Waals surface area contributed by atoms with Crippen LogP contribution in [-0.2, 0) is 14.6 Å². The second kappa shape index (κ2) is 8.17. The summed E-state index contributed by atoms with van der Waals surface area (Å²) in [7, 11) is -3.20. The van der Waals surface area contributed by atoms with Crippen molar-refractivity contribution in [2.75, 3.05) is 16.8 Å². The maximum absolute atomic E-state index is 11.9. The van der Waals surface area contributed by atoms with Crippen molar-refractivity contribution in [3.05, 3.63) is 54.6 Å². The molecule has 0 saturated carbocycles. The Bertz CT molecular complexity index is 741. The number of carbonyl (C=O) groups excluding carboxylic acids is 1. The Morgan fingerprint density at radius 3 is 2.30 bits per heavy atom. The van der Waals surface area contributed by atoms with Gasteiger partial charge in [0.25, 0.3) is 0 Å². The molecule has 2 aromatic rings. The molecule has 2 rings (SSSR count). The van der Waals surface area contributed by atoms with Gasteiger partial charge in [0.1, 0.15) is 0 Å². The van der Waals surface area contributed by atoms with Gasteiger partial charge < -0.3 is 5.32 Å². The van der Waals surface area contributed by atoms with Crippen molar-refractivity contribution in [3.8, 4) is 0 Å². The lowest BCUT2D eigenvalue weighted by Gasteiger charge is -2.07. The Morgan fingerprint density at radius 1 is 1.04 bits per heavy atom. The highest BCUT2D eigenvalue weighted by atomic mass is 32.2. The predicted molar refractivity (Wildman–Crippen MR) is 94.6 cm³/mol. The number of sulfone groups is 1. The van der Waals surface area contributed by atoms with Gasteiger partial charge in [0, 0.05) is 22.8 Å². The molecule has 0 atom stereocenters. The first-order chi connectivity index (χ1) is 11.0. The summed E-state index contributed by atoms with van der Waals surface area (Å²) in [5.41, 5.74) is 0.606. The summed E-state index contributed by atoms with van der Waals surface area (Å²) in [5.74, 6) is 0.674. The zero-order chi connectivity index (χ0) is 16.7. The summed E-state index contributed by atoms with van der Waals surface area (Å²) >= 11 is 1.63. The van der Waals surface area contributed by atoms with E-state index >= 15 is 0 Å². The third kappa shape index (κ3) is 5.41. The van der Waals surface area contributed by atoms with E-state index in [4.69, 9.17) is 0 Å². The second-order valence-electron chi connectivity index (χ2n) is 4.89. The van der Waals surface area contributed by atoms with Gasteiger partial charge in [-0.3, -0.25) is 4.79 Å². The number of hydrogen-bond acceptors (Lipinski definition) is 4. The first-order valence-corrected chi connectivity index (χ1v) is 9.95. The summed E-state index contributed by atoms with van der Waals surface area (Å²) in [4.78, 5) is 13.3. The molecule has 0 fully saturated rings. The van der Waals surface area contributed by atoms with E-state index in [1.165, 1.54) is 12.1 Å². The fourth-order valence-corrected chi connectivity index (χ4v) is 3.67. The normalized spacial score (nSPS) is 11.2. The van der Waals surface area contributed by atoms with Gasteiger partial charge in [0.2, 0.25) is 5.91 Å². The van der Waals surface area contributed by atoms with Crippen LogP contribution in [0.3, 0.4) is 0 Å². The van der Waals surface area contributed by atoms with Crippen molar-refractivity contribution < 1.29 is 13.2 Å². The van der Waals surface area contributed by atoms with E-state index in [0.29, 0.717) is 17.9 Å². The SMILES string of the molecule is CCS(=O)(=O)c1ccc(NC(=O)CCSc2ccccc2)cc1. The van der Waals surface area contributed by atoms with Gasteiger partial charge in [-0.2, -0.15) is 0 Å². The molecule has 0 aliphatic heterocycles. The highest BCUT2D eigenvalue weighted by molar-refractivity contribution is 7.99. The molecule has 23 heavy (non-hydrogen) atoms. The van der Waals surface area contributed by atoms with Gasteiger partial charge in [-0.15, -0.1) is 11.8 Å². The molecule has 6 heteroatoms. The summed E-state index contributed by atoms with van der Waals surface area (Å²) in [5, 5.41) is 2.78. The predicted octanol–water partition coefficient (Wildman–Crippen LogP) is 3.60. The van der Waals surface area contributed by atoms with Crippen molar-refractivity contribution >= 4 is 33.2 Å². The molecule has 122 valence electrons. The molecule has 1 N–H and O–H groups in total. The van der Waals surface area contributed by atoms with Crippen LogP contribution in [0.1, 0.15) is 13.3 Å². The third-order valence-corrected chi connectivity index (χ3v) is 5.98. The van der Waals surface area contributed by atoms with E-state index < -0.39 is 9.84 Å². The molecule has 0 heterocycles. The number of rotatable bonds is 7. The summed E-state index contributed by atoms with van der Waals surface area (Å²) in [6.45, 7) is 1.61. The monoisotopic (exact) mass is 349 g/mol. The fourth-order valence-electron chi connectivity index (χ4n) is 1.91. The van der Waals surface area contributed by atoms with Crippen LogP contribution < -0.4 is 5.32 Å². The minimum Gasteiger partial charge on any atom is -0.326 e. The molecule has 0 spiro atoms. The average Bonchev–Trinajstić information content (AvgIpc) is 2.56. The molecule has 4 nitrogen and oxygen atoms in total. The van der Waals surface area contributed by atoms with Gasteiger partial charge in [0.05, 0.1) is 10.6 Å². The minimum absolute atomic E-state index is 0.0649. The topological polar surface area (TPSA) is 63.2 Å². The molecule has 0 aliphatic carbocycles. The van der Waals surface area contributed by atoms with E-state index in [-0.39, 0.29) is 16.6 Å². The third-order valence-electron chi connectivity index (χ3n) is 3.22. The van der Waals surface area contributed by atoms with E-state index in [1.807, 2.05) is 30.3 Å². The Kier molecular flexibility index (Phi) is 6.24. The molecular formula is C17H19NO3S2. The van der Waals surface area contributed by atoms with Crippen LogP contribution in [0.25, 0.3) is 0 Å². The molecule has 0 aliphatic rings. The van der Waals surface area contributed by atoms with E-state index in [2.05, 4.69) is 5.32 Å². The molecule has 1 amide bonds. The van der Waals surface area contributed by atoms with Crippen LogP contribution in [-0.4, -0.2) is 25.8 Å². The molecular weight excluding hydrogens is 330 g/mol. The van der Waals surface area contributed by atoms with Crippen molar-refractivity contribution in [2.24, 2.45) is 0 Å². The van der Waals surface area contributed by atoms with E-state index in [0.717, 1.165) is 4.90 Å². The number of nitrogens with one attached hydrogen (secondary N) is 1. The van der Waals surface area contributed by atoms with Gasteiger partial charge >= 0.3 is 0 Å². The Balaban J connectivity index is 1.83. The Hall–Kier alpha value is -1.79. The highest BCUT2D eigenvalue weighted by Gasteiger charge is 2.11. The zero-order valence-corrected chi connectivity index (χ0v) is 14.5. The van der Waals surface area contributed by atoms with Crippen LogP contribution in [0.5, 0.6) is 0 Å². The van der Waals surface area contributed by atoms with E-state index in [9.17, 15) is 13.2 Å². The fraction of sp³-hybridized carbons (Fsp3) is 0.235. The lowest BCUT2D eigenvalue weighted by atomic mass is 10.3. The van der Waals surface area contributed by atoms with Gasteiger partial charge in [-0.05, 0) is 36.4 Å². The van der Waals surface area contributed by atoms with Gasteiger partial charge in [-0.25, -0.2) is 8.42 Å². The lowest BCUT2D eigenvalue weighted by molar-refractivity contribution is -0.115. The van der Waals surface area contributed by atoms with Crippen LogP contribution in [0.4, 0.5) is 5.69 Å². The molecule has 2 aromatic carbocycles. The first-order valence-electron chi connectivity index (χ1n) is 7.32. The first kappa shape index (κ1) is 17.6. The Labute approximate surface area is 141 Å². The van der Waals surface area contributed by atoms with Gasteiger partial charge in [-0.1, -0.05) is 25.1 Å². The smallest absolute Gasteiger partial charge is 0.225 e. The second-order valence-corrected chi connectivity index (χ2v) is 8.33. The van der Waals surface area contributed by atoms with Crippen LogP contribution in [0, 0.1) is 0 Å². The number of benzene rings is 2. The number of thioether (sulfide) groups is 1. The number of hydrogen-bond donors (Lipinski definition) is 1. The molecule has 0 radical (unpaired) electrons. The van der Waals surface area contributed by atoms with Crippen molar-refractivity contribution in [2.45, 2.75) is 23.1 Å². The zero-order valence-electron chi connectivity index (χ0n) is 12.9. The van der Waals surface area contributed by atoms with Crippen molar-refractivity contribution in [1.82, 2.24) is 0 Å². The van der Waals surface area contributed by atoms with Gasteiger partial charge in [0.15, 0.2) is 9.84 Å². The molecule has 0 unspecified atom stereocenters. The van der Waals surface area contributed by atoms with Crippen molar-refractivity contribution in [3.63, 3.8) is 0 Å². The Morgan fingerprint density at radius 2 is 1.70 bits per heavy atom. The molecule has 0 bridgehead atoms. The summed E-state index contributed by atoms with van der Waals surface area (Å²) in [6, 6.07) is 16.2. The van der Waals surface area contributed by atoms with E-state index in [1.54, 1.807) is 30.8 Å².